The second-order valence-electron chi connectivity index (χ2n) is 3.67. The molecular weight excluding hydrogens is 230 g/mol. The molecule has 1 aromatic heterocycles. The van der Waals surface area contributed by atoms with Gasteiger partial charge in [-0.2, -0.15) is 5.10 Å². The largest absolute Gasteiger partial charge is 0.478 e. The van der Waals surface area contributed by atoms with Gasteiger partial charge in [0.15, 0.2) is 0 Å². The lowest BCUT2D eigenvalue weighted by molar-refractivity contribution is 0.0696. The van der Waals surface area contributed by atoms with Crippen LogP contribution in [-0.4, -0.2) is 22.3 Å². The lowest BCUT2D eigenvalue weighted by Crippen LogP contribution is -1.97. The van der Waals surface area contributed by atoms with Gasteiger partial charge in [0.2, 0.25) is 0 Å². The van der Waals surface area contributed by atoms with Crippen LogP contribution >= 0.6 is 0 Å². The summed E-state index contributed by atoms with van der Waals surface area (Å²) in [5, 5.41) is 12.3. The van der Waals surface area contributed by atoms with Gasteiger partial charge >= 0.3 is 5.97 Å². The zero-order valence-electron chi connectivity index (χ0n) is 9.45. The maximum Gasteiger partial charge on any atom is 0.337 e. The average molecular weight is 241 g/mol. The predicted octanol–water partition coefficient (Wildman–Crippen LogP) is 1.74. The highest BCUT2D eigenvalue weighted by atomic mass is 16.4. The van der Waals surface area contributed by atoms with Crippen molar-refractivity contribution in [3.63, 3.8) is 0 Å². The van der Waals surface area contributed by atoms with E-state index in [0.717, 1.165) is 16.7 Å². The van der Waals surface area contributed by atoms with Crippen LogP contribution in [-0.2, 0) is 0 Å². The maximum atomic E-state index is 10.9. The van der Waals surface area contributed by atoms with Gasteiger partial charge in [-0.15, -0.1) is 0 Å². The topological polar surface area (TPSA) is 88.6 Å². The van der Waals surface area contributed by atoms with Crippen LogP contribution in [0.2, 0.25) is 0 Å². The van der Waals surface area contributed by atoms with Crippen molar-refractivity contribution >= 4 is 12.2 Å². The van der Waals surface area contributed by atoms with E-state index in [1.807, 2.05) is 24.3 Å². The summed E-state index contributed by atoms with van der Waals surface area (Å²) >= 11 is 0. The van der Waals surface area contributed by atoms with Crippen LogP contribution in [0.4, 0.5) is 0 Å². The van der Waals surface area contributed by atoms with Gasteiger partial charge in [0.25, 0.3) is 0 Å². The van der Waals surface area contributed by atoms with Crippen LogP contribution in [0.5, 0.6) is 0 Å². The number of pyridine rings is 1. The van der Waals surface area contributed by atoms with Crippen molar-refractivity contribution in [2.75, 3.05) is 0 Å². The molecule has 5 heteroatoms. The van der Waals surface area contributed by atoms with Crippen LogP contribution in [0.3, 0.4) is 0 Å². The van der Waals surface area contributed by atoms with Crippen LogP contribution < -0.4 is 5.84 Å². The number of hydrogen-bond acceptors (Lipinski definition) is 4. The Morgan fingerprint density at radius 3 is 2.56 bits per heavy atom. The molecule has 0 atom stereocenters. The summed E-state index contributed by atoms with van der Waals surface area (Å²) in [6, 6.07) is 9.00. The molecule has 90 valence electrons. The van der Waals surface area contributed by atoms with Crippen molar-refractivity contribution in [1.29, 1.82) is 0 Å². The normalized spacial score (nSPS) is 10.7. The quantitative estimate of drug-likeness (QED) is 0.486. The number of carboxylic acid groups (broad SMARTS) is 1. The summed E-state index contributed by atoms with van der Waals surface area (Å²) in [5.41, 5.74) is 2.69. The van der Waals surface area contributed by atoms with Crippen LogP contribution in [0.15, 0.2) is 47.8 Å². The molecule has 3 N–H and O–H groups in total. The molecule has 0 bridgehead atoms. The first kappa shape index (κ1) is 11.8. The Balaban J connectivity index is 2.36. The molecule has 2 rings (SSSR count). The van der Waals surface area contributed by atoms with Gasteiger partial charge in [-0.3, -0.25) is 4.98 Å². The molecule has 0 aliphatic rings. The van der Waals surface area contributed by atoms with Crippen molar-refractivity contribution in [3.8, 4) is 11.1 Å². The molecule has 0 saturated heterocycles. The van der Waals surface area contributed by atoms with Gasteiger partial charge in [-0.25, -0.2) is 4.79 Å². The lowest BCUT2D eigenvalue weighted by atomic mass is 10.0. The molecule has 1 aromatic carbocycles. The summed E-state index contributed by atoms with van der Waals surface area (Å²) in [5.74, 6) is 4.07. The van der Waals surface area contributed by atoms with Gasteiger partial charge in [-0.1, -0.05) is 24.3 Å². The Morgan fingerprint density at radius 2 is 1.94 bits per heavy atom. The SMILES string of the molecule is NN=Cc1ccc(-c2cncc(C(=O)O)c2)cc1. The number of benzene rings is 1. The van der Waals surface area contributed by atoms with Gasteiger partial charge < -0.3 is 10.9 Å². The Labute approximate surface area is 104 Å². The van der Waals surface area contributed by atoms with Gasteiger partial charge in [0.05, 0.1) is 11.8 Å². The standard InChI is InChI=1S/C13H11N3O2/c14-16-6-9-1-3-10(4-2-9)11-5-12(13(17)18)8-15-7-11/h1-8H,14H2,(H,17,18). The van der Waals surface area contributed by atoms with E-state index in [1.165, 1.54) is 12.4 Å². The number of aromatic carboxylic acids is 1. The van der Waals surface area contributed by atoms with E-state index in [4.69, 9.17) is 10.9 Å². The smallest absolute Gasteiger partial charge is 0.337 e. The van der Waals surface area contributed by atoms with Crippen molar-refractivity contribution < 1.29 is 9.90 Å². The fraction of sp³-hybridized carbons (Fsp3) is 0. The summed E-state index contributed by atoms with van der Waals surface area (Å²) in [6.07, 6.45) is 4.48. The zero-order valence-corrected chi connectivity index (χ0v) is 9.45. The van der Waals surface area contributed by atoms with Crippen LogP contribution in [0.1, 0.15) is 15.9 Å². The van der Waals surface area contributed by atoms with Crippen LogP contribution in [0, 0.1) is 0 Å². The Bertz CT molecular complexity index is 591. The van der Waals surface area contributed by atoms with Gasteiger partial charge in [-0.05, 0) is 17.2 Å². The minimum Gasteiger partial charge on any atom is -0.478 e. The average Bonchev–Trinajstić information content (AvgIpc) is 2.40. The molecule has 0 radical (unpaired) electrons. The van der Waals surface area contributed by atoms with Crippen LogP contribution in [0.25, 0.3) is 11.1 Å². The predicted molar refractivity (Wildman–Crippen MR) is 68.4 cm³/mol. The van der Waals surface area contributed by atoms with E-state index >= 15 is 0 Å². The molecule has 18 heavy (non-hydrogen) atoms. The molecule has 0 saturated carbocycles. The third-order valence-corrected chi connectivity index (χ3v) is 2.45. The van der Waals surface area contributed by atoms with Gasteiger partial charge in [0.1, 0.15) is 0 Å². The number of rotatable bonds is 3. The Morgan fingerprint density at radius 1 is 1.22 bits per heavy atom. The van der Waals surface area contributed by atoms with E-state index in [2.05, 4.69) is 10.1 Å². The molecule has 0 amide bonds. The fourth-order valence-corrected chi connectivity index (χ4v) is 1.56. The first-order valence-electron chi connectivity index (χ1n) is 5.23. The molecule has 0 aliphatic heterocycles. The highest BCUT2D eigenvalue weighted by Gasteiger charge is 2.05. The molecule has 5 nitrogen and oxygen atoms in total. The highest BCUT2D eigenvalue weighted by Crippen LogP contribution is 2.19. The third-order valence-electron chi connectivity index (χ3n) is 2.45. The van der Waals surface area contributed by atoms with E-state index in [0.29, 0.717) is 0 Å². The van der Waals surface area contributed by atoms with Gasteiger partial charge in [0, 0.05) is 18.0 Å². The lowest BCUT2D eigenvalue weighted by Gasteiger charge is -2.02. The van der Waals surface area contributed by atoms with Crippen molar-refractivity contribution in [1.82, 2.24) is 4.98 Å². The number of carbonyl (C=O) groups is 1. The van der Waals surface area contributed by atoms with E-state index in [1.54, 1.807) is 12.3 Å². The molecule has 0 unspecified atom stereocenters. The Hall–Kier alpha value is -2.69. The summed E-state index contributed by atoms with van der Waals surface area (Å²) < 4.78 is 0. The van der Waals surface area contributed by atoms with Crippen molar-refractivity contribution in [2.24, 2.45) is 10.9 Å². The highest BCUT2D eigenvalue weighted by molar-refractivity contribution is 5.89. The van der Waals surface area contributed by atoms with E-state index < -0.39 is 5.97 Å². The summed E-state index contributed by atoms with van der Waals surface area (Å²) in [4.78, 5) is 14.8. The number of hydrogen-bond donors (Lipinski definition) is 2. The van der Waals surface area contributed by atoms with E-state index in [-0.39, 0.29) is 5.56 Å². The number of nitrogens with two attached hydrogens (primary N) is 1. The number of nitrogens with zero attached hydrogens (tertiary/aromatic N) is 2. The van der Waals surface area contributed by atoms with Crippen molar-refractivity contribution in [3.05, 3.63) is 53.9 Å². The number of carboxylic acids is 1. The monoisotopic (exact) mass is 241 g/mol. The molecule has 0 aliphatic carbocycles. The molecule has 0 spiro atoms. The second kappa shape index (κ2) is 5.09. The third kappa shape index (κ3) is 2.52. The molecule has 2 aromatic rings. The summed E-state index contributed by atoms with van der Waals surface area (Å²) in [6.45, 7) is 0. The molecule has 1 heterocycles. The minimum atomic E-state index is -0.990. The number of aromatic nitrogens is 1. The van der Waals surface area contributed by atoms with E-state index in [9.17, 15) is 4.79 Å². The molecular formula is C13H11N3O2. The number of hydrazone groups is 1. The summed E-state index contributed by atoms with van der Waals surface area (Å²) in [7, 11) is 0. The zero-order chi connectivity index (χ0) is 13.0. The molecule has 0 fully saturated rings. The van der Waals surface area contributed by atoms with Crippen molar-refractivity contribution in [2.45, 2.75) is 0 Å². The Kier molecular flexibility index (Phi) is 3.33. The second-order valence-corrected chi connectivity index (χ2v) is 3.67. The maximum absolute atomic E-state index is 10.9. The first-order chi connectivity index (χ1) is 8.70. The minimum absolute atomic E-state index is 0.167. The fourth-order valence-electron chi connectivity index (χ4n) is 1.56. The first-order valence-corrected chi connectivity index (χ1v) is 5.23.